The first-order valence-electron chi connectivity index (χ1n) is 8.06. The second-order valence-electron chi connectivity index (χ2n) is 5.25. The Morgan fingerprint density at radius 2 is 1.71 bits per heavy atom. The Morgan fingerprint density at radius 3 is 2.21 bits per heavy atom. The largest absolute Gasteiger partial charge is 0.691 e. The first-order chi connectivity index (χ1) is 11.4. The molecular formula is C16H28NO4PS2. The van der Waals surface area contributed by atoms with Crippen molar-refractivity contribution in [2.45, 2.75) is 33.2 Å². The molecule has 0 saturated carbocycles. The molecule has 1 atom stereocenters. The van der Waals surface area contributed by atoms with E-state index in [9.17, 15) is 0 Å². The number of quaternary nitrogens is 1. The molecule has 1 aromatic rings. The second-order valence-corrected chi connectivity index (χ2v) is 10.2. The molecule has 1 heterocycles. The van der Waals surface area contributed by atoms with E-state index in [1.54, 1.807) is 14.2 Å². The number of fused-ring (bicyclic) bond motifs is 1. The third-order valence-corrected chi connectivity index (χ3v) is 6.06. The lowest BCUT2D eigenvalue weighted by molar-refractivity contribution is -0.695. The van der Waals surface area contributed by atoms with Crippen LogP contribution in [0, 0.1) is 0 Å². The van der Waals surface area contributed by atoms with Crippen molar-refractivity contribution < 1.29 is 23.8 Å². The summed E-state index contributed by atoms with van der Waals surface area (Å²) >= 11 is 9.65. The predicted octanol–water partition coefficient (Wildman–Crippen LogP) is 2.72. The number of hydrogen-bond donors (Lipinski definition) is 1. The first kappa shape index (κ1) is 21.7. The molecule has 0 fully saturated rings. The van der Waals surface area contributed by atoms with Gasteiger partial charge in [-0.05, 0) is 38.5 Å². The molecular weight excluding hydrogens is 365 g/mol. The zero-order valence-electron chi connectivity index (χ0n) is 15.0. The van der Waals surface area contributed by atoms with Gasteiger partial charge in [-0.25, -0.2) is 0 Å². The molecule has 5 nitrogen and oxygen atoms in total. The van der Waals surface area contributed by atoms with Gasteiger partial charge in [-0.3, -0.25) is 0 Å². The van der Waals surface area contributed by atoms with E-state index in [1.807, 2.05) is 13.8 Å². The minimum Gasteiger partial charge on any atom is -0.691 e. The lowest BCUT2D eigenvalue weighted by Gasteiger charge is -2.26. The van der Waals surface area contributed by atoms with Crippen LogP contribution in [-0.4, -0.2) is 34.0 Å². The first-order valence-corrected chi connectivity index (χ1v) is 11.7. The summed E-state index contributed by atoms with van der Waals surface area (Å²) in [7, 11) is 3.37. The molecule has 24 heavy (non-hydrogen) atoms. The number of nitrogens with two attached hydrogens (primary N) is 1. The Morgan fingerprint density at radius 1 is 1.17 bits per heavy atom. The minimum atomic E-state index is -2.28. The van der Waals surface area contributed by atoms with E-state index in [0.29, 0.717) is 19.3 Å². The SMILES string of the molecule is CCOP(=S)([S-])OCC.COc1cc2c(cc1OC)[C@H](C)[NH2+]CC2. The standard InChI is InChI=1S/C12H17NO2.C4H11O2PS2/c1-8-10-7-12(15-3)11(14-2)6-9(10)4-5-13-8;1-3-5-7(8,9)6-4-2/h6-8,13H,4-5H2,1-3H3;3-4H2,1-2H3,(H,8,9)/t8-;/m0./s1. The molecule has 8 heteroatoms. The lowest BCUT2D eigenvalue weighted by Crippen LogP contribution is -2.86. The van der Waals surface area contributed by atoms with Gasteiger partial charge in [-0.1, -0.05) is 11.8 Å². The van der Waals surface area contributed by atoms with E-state index in [1.165, 1.54) is 11.1 Å². The highest BCUT2D eigenvalue weighted by atomic mass is 32.9. The number of hydrogen-bond acceptors (Lipinski definition) is 6. The van der Waals surface area contributed by atoms with Crippen LogP contribution in [0.4, 0.5) is 0 Å². The van der Waals surface area contributed by atoms with E-state index < -0.39 is 5.69 Å². The van der Waals surface area contributed by atoms with Gasteiger partial charge in [0.25, 0.3) is 0 Å². The zero-order chi connectivity index (χ0) is 18.2. The molecule has 138 valence electrons. The summed E-state index contributed by atoms with van der Waals surface area (Å²) in [5.74, 6) is 1.67. The third-order valence-electron chi connectivity index (χ3n) is 3.64. The van der Waals surface area contributed by atoms with Crippen LogP contribution in [0.5, 0.6) is 11.5 Å². The maximum absolute atomic E-state index is 5.31. The van der Waals surface area contributed by atoms with Gasteiger partial charge in [0.2, 0.25) is 0 Å². The molecule has 1 aromatic carbocycles. The van der Waals surface area contributed by atoms with Crippen molar-refractivity contribution in [1.82, 2.24) is 0 Å². The van der Waals surface area contributed by atoms with Crippen molar-refractivity contribution in [3.05, 3.63) is 23.3 Å². The van der Waals surface area contributed by atoms with E-state index >= 15 is 0 Å². The van der Waals surface area contributed by atoms with Crippen molar-refractivity contribution in [3.63, 3.8) is 0 Å². The van der Waals surface area contributed by atoms with E-state index in [0.717, 1.165) is 24.5 Å². The molecule has 2 rings (SSSR count). The Kier molecular flexibility index (Phi) is 9.64. The predicted molar refractivity (Wildman–Crippen MR) is 103 cm³/mol. The van der Waals surface area contributed by atoms with Crippen molar-refractivity contribution in [1.29, 1.82) is 0 Å². The number of methoxy groups -OCH3 is 2. The molecule has 1 aliphatic rings. The van der Waals surface area contributed by atoms with Crippen molar-refractivity contribution in [3.8, 4) is 11.5 Å². The molecule has 0 spiro atoms. The van der Waals surface area contributed by atoms with Crippen LogP contribution < -0.4 is 14.8 Å². The number of rotatable bonds is 6. The Bertz CT molecular complexity index is 561. The topological polar surface area (TPSA) is 53.5 Å². The quantitative estimate of drug-likeness (QED) is 0.593. The third kappa shape index (κ3) is 6.54. The lowest BCUT2D eigenvalue weighted by atomic mass is 9.94. The van der Waals surface area contributed by atoms with Gasteiger partial charge in [0.05, 0.1) is 26.5 Å². The van der Waals surface area contributed by atoms with Gasteiger partial charge < -0.3 is 36.1 Å². The average molecular weight is 394 g/mol. The van der Waals surface area contributed by atoms with Crippen molar-refractivity contribution in [2.75, 3.05) is 34.0 Å². The molecule has 0 aromatic heterocycles. The Labute approximate surface area is 155 Å². The van der Waals surface area contributed by atoms with Crippen LogP contribution in [0.15, 0.2) is 12.1 Å². The minimum absolute atomic E-state index is 0.522. The Hall–Kier alpha value is -0.300. The normalized spacial score (nSPS) is 16.7. The maximum Gasteiger partial charge on any atom is 0.161 e. The molecule has 0 unspecified atom stereocenters. The van der Waals surface area contributed by atoms with Gasteiger partial charge >= 0.3 is 0 Å². The fourth-order valence-electron chi connectivity index (χ4n) is 2.55. The smallest absolute Gasteiger partial charge is 0.161 e. The van der Waals surface area contributed by atoms with Gasteiger partial charge in [-0.15, -0.1) is 0 Å². The highest BCUT2D eigenvalue weighted by Crippen LogP contribution is 2.45. The molecule has 2 N–H and O–H groups in total. The monoisotopic (exact) mass is 393 g/mol. The number of ether oxygens (including phenoxy) is 2. The van der Waals surface area contributed by atoms with E-state index in [-0.39, 0.29) is 0 Å². The van der Waals surface area contributed by atoms with Crippen LogP contribution in [-0.2, 0) is 39.5 Å². The van der Waals surface area contributed by atoms with Crippen molar-refractivity contribution >= 4 is 29.7 Å². The van der Waals surface area contributed by atoms with Gasteiger partial charge in [0.15, 0.2) is 11.5 Å². The molecule has 1 aliphatic heterocycles. The van der Waals surface area contributed by atoms with Gasteiger partial charge in [0, 0.05) is 25.2 Å². The summed E-state index contributed by atoms with van der Waals surface area (Å²) in [5.41, 5.74) is 0.489. The molecule has 0 saturated heterocycles. The summed E-state index contributed by atoms with van der Waals surface area (Å²) in [6.07, 6.45) is 1.11. The Balaban J connectivity index is 0.000000277. The highest BCUT2D eigenvalue weighted by molar-refractivity contribution is 8.51. The molecule has 0 radical (unpaired) electrons. The maximum atomic E-state index is 5.31. The van der Waals surface area contributed by atoms with Crippen LogP contribution in [0.2, 0.25) is 0 Å². The summed E-state index contributed by atoms with van der Waals surface area (Å²) < 4.78 is 20.6. The summed E-state index contributed by atoms with van der Waals surface area (Å²) in [6.45, 7) is 8.17. The second kappa shape index (κ2) is 10.6. The fourth-order valence-corrected chi connectivity index (χ4v) is 4.52. The molecule has 0 bridgehead atoms. The summed E-state index contributed by atoms with van der Waals surface area (Å²) in [6, 6.07) is 4.74. The van der Waals surface area contributed by atoms with Gasteiger partial charge in [-0.2, -0.15) is 0 Å². The summed E-state index contributed by atoms with van der Waals surface area (Å²) in [5, 5.41) is 2.36. The van der Waals surface area contributed by atoms with E-state index in [4.69, 9.17) is 42.6 Å². The van der Waals surface area contributed by atoms with Crippen LogP contribution >= 0.6 is 5.69 Å². The van der Waals surface area contributed by atoms with E-state index in [2.05, 4.69) is 24.4 Å². The number of benzene rings is 1. The average Bonchev–Trinajstić information content (AvgIpc) is 2.54. The van der Waals surface area contributed by atoms with Crippen molar-refractivity contribution in [2.24, 2.45) is 0 Å². The van der Waals surface area contributed by atoms with Crippen LogP contribution in [0.3, 0.4) is 0 Å². The zero-order valence-corrected chi connectivity index (χ0v) is 17.6. The van der Waals surface area contributed by atoms with Crippen LogP contribution in [0.1, 0.15) is 37.9 Å². The fraction of sp³-hybridized carbons (Fsp3) is 0.625. The van der Waals surface area contributed by atoms with Crippen LogP contribution in [0.25, 0.3) is 0 Å². The highest BCUT2D eigenvalue weighted by Gasteiger charge is 2.21. The summed E-state index contributed by atoms with van der Waals surface area (Å²) in [4.78, 5) is 0. The molecule has 0 amide bonds. The van der Waals surface area contributed by atoms with Gasteiger partial charge in [0.1, 0.15) is 6.04 Å². The molecule has 0 aliphatic carbocycles.